The fourth-order valence-electron chi connectivity index (χ4n) is 0.932. The number of aromatic nitrogens is 2. The van der Waals surface area contributed by atoms with Crippen LogP contribution in [-0.4, -0.2) is 28.8 Å². The van der Waals surface area contributed by atoms with Crippen LogP contribution in [0, 0.1) is 0 Å². The Morgan fingerprint density at radius 1 is 1.62 bits per heavy atom. The number of ether oxygens (including phenoxy) is 1. The van der Waals surface area contributed by atoms with Gasteiger partial charge in [0.25, 0.3) is 0 Å². The number of nitrogen functional groups attached to an aromatic ring is 2. The van der Waals surface area contributed by atoms with E-state index in [-0.39, 0.29) is 11.9 Å². The molecular formula is C8H13N5O2S. The van der Waals surface area contributed by atoms with Gasteiger partial charge in [-0.05, 0) is 0 Å². The van der Waals surface area contributed by atoms with Gasteiger partial charge in [-0.15, -0.1) is 11.8 Å². The summed E-state index contributed by atoms with van der Waals surface area (Å²) in [6.07, 6.45) is 0.316. The van der Waals surface area contributed by atoms with Crippen LogP contribution in [0.5, 0.6) is 0 Å². The van der Waals surface area contributed by atoms with Crippen LogP contribution >= 0.6 is 11.8 Å². The molecule has 0 spiro atoms. The number of nitrogens with one attached hydrogen (secondary N) is 1. The number of carbonyl (C=O) groups is 1. The van der Waals surface area contributed by atoms with Gasteiger partial charge in [0.05, 0.1) is 13.5 Å². The number of hydrogen-bond donors (Lipinski definition) is 3. The van der Waals surface area contributed by atoms with Gasteiger partial charge in [-0.2, -0.15) is 4.98 Å². The standard InChI is InChI=1S/C8H13N5O2S/c1-15-7(14)2-3-16-6-4-5(13-10)11-8(9)12-6/h4H,2-3,10H2,1H3,(H3,9,11,12,13). The lowest BCUT2D eigenvalue weighted by atomic mass is 10.5. The minimum absolute atomic E-state index is 0.135. The predicted molar refractivity (Wildman–Crippen MR) is 61.6 cm³/mol. The van der Waals surface area contributed by atoms with Crippen LogP contribution in [0.1, 0.15) is 6.42 Å². The fourth-order valence-corrected chi connectivity index (χ4v) is 1.76. The highest BCUT2D eigenvalue weighted by Gasteiger charge is 2.04. The zero-order valence-corrected chi connectivity index (χ0v) is 9.58. The lowest BCUT2D eigenvalue weighted by Gasteiger charge is -2.04. The summed E-state index contributed by atoms with van der Waals surface area (Å²) < 4.78 is 4.51. The van der Waals surface area contributed by atoms with Crippen LogP contribution in [0.3, 0.4) is 0 Å². The van der Waals surface area contributed by atoms with Crippen molar-refractivity contribution in [3.63, 3.8) is 0 Å². The number of anilines is 2. The predicted octanol–water partition coefficient (Wildman–Crippen LogP) is -0.000400. The topological polar surface area (TPSA) is 116 Å². The number of nitrogens with zero attached hydrogens (tertiary/aromatic N) is 2. The molecular weight excluding hydrogens is 230 g/mol. The molecule has 1 aromatic heterocycles. The Kier molecular flexibility index (Phi) is 4.80. The molecule has 0 saturated heterocycles. The minimum Gasteiger partial charge on any atom is -0.469 e. The van der Waals surface area contributed by atoms with Crippen LogP contribution in [0.25, 0.3) is 0 Å². The van der Waals surface area contributed by atoms with E-state index >= 15 is 0 Å². The van der Waals surface area contributed by atoms with Crippen molar-refractivity contribution in [2.45, 2.75) is 11.4 Å². The summed E-state index contributed by atoms with van der Waals surface area (Å²) in [6.45, 7) is 0. The molecule has 88 valence electrons. The van der Waals surface area contributed by atoms with E-state index in [0.29, 0.717) is 23.0 Å². The second-order valence-electron chi connectivity index (χ2n) is 2.77. The lowest BCUT2D eigenvalue weighted by molar-refractivity contribution is -0.140. The van der Waals surface area contributed by atoms with Gasteiger partial charge in [0.1, 0.15) is 10.8 Å². The summed E-state index contributed by atoms with van der Waals surface area (Å²) in [5, 5.41) is 0.657. The van der Waals surface area contributed by atoms with Gasteiger partial charge < -0.3 is 15.9 Å². The third kappa shape index (κ3) is 3.91. The molecule has 1 heterocycles. The Bertz CT molecular complexity index is 373. The first-order valence-electron chi connectivity index (χ1n) is 4.46. The molecule has 0 radical (unpaired) electrons. The first-order valence-corrected chi connectivity index (χ1v) is 5.45. The van der Waals surface area contributed by atoms with Gasteiger partial charge in [0, 0.05) is 11.8 Å². The maximum Gasteiger partial charge on any atom is 0.306 e. The molecule has 0 unspecified atom stereocenters. The molecule has 0 aliphatic heterocycles. The molecule has 0 bridgehead atoms. The number of rotatable bonds is 5. The molecule has 1 rings (SSSR count). The second-order valence-corrected chi connectivity index (χ2v) is 3.88. The zero-order valence-electron chi connectivity index (χ0n) is 8.77. The quantitative estimate of drug-likeness (QED) is 0.217. The number of carbonyl (C=O) groups excluding carboxylic acids is 1. The SMILES string of the molecule is COC(=O)CCSc1cc(NN)nc(N)n1. The molecule has 0 aliphatic carbocycles. The summed E-state index contributed by atoms with van der Waals surface area (Å²) >= 11 is 1.38. The molecule has 5 N–H and O–H groups in total. The van der Waals surface area contributed by atoms with Crippen LogP contribution in [-0.2, 0) is 9.53 Å². The summed E-state index contributed by atoms with van der Waals surface area (Å²) in [5.41, 5.74) is 7.85. The van der Waals surface area contributed by atoms with Crippen molar-refractivity contribution in [1.29, 1.82) is 0 Å². The average Bonchev–Trinajstić information content (AvgIpc) is 2.28. The van der Waals surface area contributed by atoms with E-state index in [4.69, 9.17) is 11.6 Å². The van der Waals surface area contributed by atoms with Crippen LogP contribution in [0.15, 0.2) is 11.1 Å². The Labute approximate surface area is 96.9 Å². The van der Waals surface area contributed by atoms with Gasteiger partial charge in [-0.1, -0.05) is 0 Å². The van der Waals surface area contributed by atoms with Crippen molar-refractivity contribution in [3.05, 3.63) is 6.07 Å². The fraction of sp³-hybridized carbons (Fsp3) is 0.375. The molecule has 0 amide bonds. The summed E-state index contributed by atoms with van der Waals surface area (Å²) in [5.74, 6) is 6.08. The molecule has 0 atom stereocenters. The monoisotopic (exact) mass is 243 g/mol. The molecule has 0 fully saturated rings. The number of methoxy groups -OCH3 is 1. The third-order valence-corrected chi connectivity index (χ3v) is 2.56. The van der Waals surface area contributed by atoms with Crippen LogP contribution in [0.4, 0.5) is 11.8 Å². The van der Waals surface area contributed by atoms with Crippen molar-refractivity contribution in [3.8, 4) is 0 Å². The van der Waals surface area contributed by atoms with E-state index in [1.54, 1.807) is 6.07 Å². The van der Waals surface area contributed by atoms with E-state index in [0.717, 1.165) is 0 Å². The minimum atomic E-state index is -0.258. The van der Waals surface area contributed by atoms with Gasteiger partial charge >= 0.3 is 5.97 Å². The first-order chi connectivity index (χ1) is 7.65. The largest absolute Gasteiger partial charge is 0.469 e. The van der Waals surface area contributed by atoms with Gasteiger partial charge in [-0.25, -0.2) is 10.8 Å². The third-order valence-electron chi connectivity index (χ3n) is 1.65. The van der Waals surface area contributed by atoms with E-state index in [2.05, 4.69) is 20.1 Å². The van der Waals surface area contributed by atoms with Gasteiger partial charge in [0.15, 0.2) is 0 Å². The van der Waals surface area contributed by atoms with E-state index < -0.39 is 0 Å². The van der Waals surface area contributed by atoms with Gasteiger partial charge in [-0.3, -0.25) is 4.79 Å². The van der Waals surface area contributed by atoms with Crippen LogP contribution in [0.2, 0.25) is 0 Å². The Morgan fingerprint density at radius 3 is 3.00 bits per heavy atom. The molecule has 16 heavy (non-hydrogen) atoms. The average molecular weight is 243 g/mol. The molecule has 1 aromatic rings. The number of nitrogens with two attached hydrogens (primary N) is 2. The Morgan fingerprint density at radius 2 is 2.38 bits per heavy atom. The highest BCUT2D eigenvalue weighted by atomic mass is 32.2. The highest BCUT2D eigenvalue weighted by Crippen LogP contribution is 2.19. The van der Waals surface area contributed by atoms with E-state index in [9.17, 15) is 4.79 Å². The zero-order chi connectivity index (χ0) is 12.0. The number of hydrazine groups is 1. The number of esters is 1. The summed E-state index contributed by atoms with van der Waals surface area (Å²) in [7, 11) is 1.35. The Balaban J connectivity index is 2.53. The molecule has 8 heteroatoms. The van der Waals surface area contributed by atoms with Crippen molar-refractivity contribution < 1.29 is 9.53 Å². The second kappa shape index (κ2) is 6.13. The maximum absolute atomic E-state index is 10.9. The van der Waals surface area contributed by atoms with Crippen molar-refractivity contribution in [2.75, 3.05) is 24.0 Å². The van der Waals surface area contributed by atoms with Crippen LogP contribution < -0.4 is 17.0 Å². The number of hydrogen-bond acceptors (Lipinski definition) is 8. The van der Waals surface area contributed by atoms with Gasteiger partial charge in [0.2, 0.25) is 5.95 Å². The summed E-state index contributed by atoms with van der Waals surface area (Å²) in [6, 6.07) is 1.65. The smallest absolute Gasteiger partial charge is 0.306 e. The normalized spacial score (nSPS) is 9.88. The molecule has 0 aliphatic rings. The lowest BCUT2D eigenvalue weighted by Crippen LogP contribution is -2.10. The maximum atomic E-state index is 10.9. The van der Waals surface area contributed by atoms with Crippen molar-refractivity contribution in [1.82, 2.24) is 9.97 Å². The summed E-state index contributed by atoms with van der Waals surface area (Å²) in [4.78, 5) is 18.7. The van der Waals surface area contributed by atoms with Crippen molar-refractivity contribution in [2.24, 2.45) is 5.84 Å². The highest BCUT2D eigenvalue weighted by molar-refractivity contribution is 7.99. The van der Waals surface area contributed by atoms with E-state index in [1.165, 1.54) is 18.9 Å². The Hall–Kier alpha value is -1.54. The van der Waals surface area contributed by atoms with E-state index in [1.807, 2.05) is 0 Å². The molecule has 7 nitrogen and oxygen atoms in total. The van der Waals surface area contributed by atoms with Crippen molar-refractivity contribution >= 4 is 29.5 Å². The molecule has 0 saturated carbocycles. The number of thioether (sulfide) groups is 1. The molecule has 0 aromatic carbocycles. The first kappa shape index (κ1) is 12.5.